The van der Waals surface area contributed by atoms with Gasteiger partial charge >= 0.3 is 0 Å². The van der Waals surface area contributed by atoms with Gasteiger partial charge in [-0.1, -0.05) is 60.7 Å². The molecule has 1 atom stereocenters. The van der Waals surface area contributed by atoms with E-state index in [1.54, 1.807) is 28.6 Å². The first-order valence-corrected chi connectivity index (χ1v) is 14.0. The first-order valence-electron chi connectivity index (χ1n) is 12.6. The number of sulfonamides is 1. The van der Waals surface area contributed by atoms with Crippen LogP contribution >= 0.6 is 0 Å². The minimum Gasteiger partial charge on any atom is -0.354 e. The first kappa shape index (κ1) is 23.0. The van der Waals surface area contributed by atoms with E-state index in [9.17, 15) is 8.42 Å². The zero-order valence-electron chi connectivity index (χ0n) is 20.2. The molecule has 36 heavy (non-hydrogen) atoms. The number of para-hydroxylation sites is 1. The molecule has 7 heteroatoms. The fourth-order valence-corrected chi connectivity index (χ4v) is 7.30. The topological polar surface area (TPSA) is 56.8 Å². The number of fused-ring (bicyclic) bond motifs is 2. The first-order chi connectivity index (χ1) is 17.6. The number of hydrogen-bond acceptors (Lipinski definition) is 5. The van der Waals surface area contributed by atoms with E-state index in [0.29, 0.717) is 4.90 Å². The van der Waals surface area contributed by atoms with Crippen LogP contribution in [0.25, 0.3) is 10.8 Å². The van der Waals surface area contributed by atoms with Gasteiger partial charge in [-0.25, -0.2) is 13.4 Å². The quantitative estimate of drug-likeness (QED) is 0.404. The number of anilines is 2. The number of rotatable bonds is 5. The molecule has 2 aliphatic heterocycles. The second kappa shape index (κ2) is 9.56. The molecule has 1 aromatic heterocycles. The van der Waals surface area contributed by atoms with E-state index < -0.39 is 10.0 Å². The van der Waals surface area contributed by atoms with Crippen LogP contribution < -0.4 is 9.21 Å². The maximum atomic E-state index is 13.9. The van der Waals surface area contributed by atoms with Crippen molar-refractivity contribution in [3.05, 3.63) is 96.7 Å². The molecule has 1 fully saturated rings. The maximum Gasteiger partial charge on any atom is 0.264 e. The van der Waals surface area contributed by atoms with Crippen molar-refractivity contribution in [2.24, 2.45) is 0 Å². The largest absolute Gasteiger partial charge is 0.354 e. The van der Waals surface area contributed by atoms with Gasteiger partial charge in [0.15, 0.2) is 0 Å². The van der Waals surface area contributed by atoms with E-state index in [-0.39, 0.29) is 6.04 Å². The van der Waals surface area contributed by atoms with Crippen LogP contribution in [0.15, 0.2) is 96.0 Å². The molecule has 1 saturated heterocycles. The highest BCUT2D eigenvalue weighted by Gasteiger charge is 2.37. The Morgan fingerprint density at radius 3 is 2.36 bits per heavy atom. The fourth-order valence-electron chi connectivity index (χ4n) is 5.57. The number of aromatic nitrogens is 1. The van der Waals surface area contributed by atoms with Crippen molar-refractivity contribution in [2.45, 2.75) is 23.8 Å². The van der Waals surface area contributed by atoms with Crippen LogP contribution in [0, 0.1) is 0 Å². The molecule has 184 valence electrons. The molecular formula is C29H30N4O2S. The molecule has 0 spiro atoms. The molecule has 0 bridgehead atoms. The minimum atomic E-state index is -3.67. The Balaban J connectivity index is 1.23. The Kier molecular flexibility index (Phi) is 6.11. The standard InChI is InChI=1S/C29H30N4O2S/c34-36(35,26-10-2-1-3-11-26)33-25(15-14-24-9-5-7-13-28(24)33)22-31-18-20-32(21-19-31)29-27-12-6-4-8-23(27)16-17-30-29/h1-13,16-17,25H,14-15,18-22H2. The smallest absolute Gasteiger partial charge is 0.264 e. The Morgan fingerprint density at radius 1 is 0.806 bits per heavy atom. The number of hydrogen-bond donors (Lipinski definition) is 0. The minimum absolute atomic E-state index is 0.104. The van der Waals surface area contributed by atoms with Crippen molar-refractivity contribution >= 4 is 32.3 Å². The highest BCUT2D eigenvalue weighted by molar-refractivity contribution is 7.92. The van der Waals surface area contributed by atoms with Gasteiger partial charge in [0.1, 0.15) is 5.82 Å². The SMILES string of the molecule is O=S(=O)(c1ccccc1)N1c2ccccc2CCC1CN1CCN(c2nccc3ccccc23)CC1. The van der Waals surface area contributed by atoms with Gasteiger partial charge in [0.05, 0.1) is 16.6 Å². The molecule has 4 aromatic rings. The molecule has 0 saturated carbocycles. The van der Waals surface area contributed by atoms with Crippen molar-refractivity contribution in [2.75, 3.05) is 41.9 Å². The van der Waals surface area contributed by atoms with Gasteiger partial charge < -0.3 is 4.90 Å². The van der Waals surface area contributed by atoms with Crippen LogP contribution in [0.2, 0.25) is 0 Å². The third-order valence-electron chi connectivity index (χ3n) is 7.40. The summed E-state index contributed by atoms with van der Waals surface area (Å²) < 4.78 is 29.4. The number of piperazine rings is 1. The highest BCUT2D eigenvalue weighted by Crippen LogP contribution is 2.36. The Labute approximate surface area is 212 Å². The van der Waals surface area contributed by atoms with E-state index in [2.05, 4.69) is 46.2 Å². The lowest BCUT2D eigenvalue weighted by atomic mass is 9.97. The van der Waals surface area contributed by atoms with Crippen molar-refractivity contribution in [3.8, 4) is 0 Å². The van der Waals surface area contributed by atoms with Crippen molar-refractivity contribution in [1.82, 2.24) is 9.88 Å². The summed E-state index contributed by atoms with van der Waals surface area (Å²) in [6, 6.07) is 27.1. The Morgan fingerprint density at radius 2 is 1.53 bits per heavy atom. The summed E-state index contributed by atoms with van der Waals surface area (Å²) in [4.78, 5) is 9.81. The molecule has 0 N–H and O–H groups in total. The number of pyridine rings is 1. The van der Waals surface area contributed by atoms with Gasteiger partial charge in [-0.3, -0.25) is 9.21 Å². The molecule has 0 aliphatic carbocycles. The van der Waals surface area contributed by atoms with Gasteiger partial charge in [-0.2, -0.15) is 0 Å². The molecule has 0 radical (unpaired) electrons. The number of nitrogens with zero attached hydrogens (tertiary/aromatic N) is 4. The average Bonchev–Trinajstić information content (AvgIpc) is 2.93. The van der Waals surface area contributed by atoms with E-state index in [4.69, 9.17) is 4.98 Å². The highest BCUT2D eigenvalue weighted by atomic mass is 32.2. The van der Waals surface area contributed by atoms with Crippen LogP contribution in [0.1, 0.15) is 12.0 Å². The zero-order valence-corrected chi connectivity index (χ0v) is 21.0. The number of aryl methyl sites for hydroxylation is 1. The van der Waals surface area contributed by atoms with E-state index in [1.807, 2.05) is 30.5 Å². The summed E-state index contributed by atoms with van der Waals surface area (Å²) in [6.07, 6.45) is 3.59. The lowest BCUT2D eigenvalue weighted by molar-refractivity contribution is 0.238. The monoisotopic (exact) mass is 498 g/mol. The van der Waals surface area contributed by atoms with Gasteiger partial charge in [-0.05, 0) is 48.1 Å². The van der Waals surface area contributed by atoms with Crippen LogP contribution in [-0.2, 0) is 16.4 Å². The molecule has 3 aromatic carbocycles. The number of benzene rings is 3. The predicted octanol–water partition coefficient (Wildman–Crippen LogP) is 4.57. The van der Waals surface area contributed by atoms with Gasteiger partial charge in [0, 0.05) is 44.3 Å². The average molecular weight is 499 g/mol. The molecule has 6 nitrogen and oxygen atoms in total. The van der Waals surface area contributed by atoms with E-state index in [0.717, 1.165) is 62.6 Å². The molecule has 2 aliphatic rings. The third-order valence-corrected chi connectivity index (χ3v) is 9.28. The van der Waals surface area contributed by atoms with Crippen LogP contribution in [0.5, 0.6) is 0 Å². The molecule has 3 heterocycles. The second-order valence-electron chi connectivity index (χ2n) is 9.58. The summed E-state index contributed by atoms with van der Waals surface area (Å²) in [7, 11) is -3.67. The van der Waals surface area contributed by atoms with Crippen molar-refractivity contribution in [1.29, 1.82) is 0 Å². The summed E-state index contributed by atoms with van der Waals surface area (Å²) in [5, 5.41) is 2.38. The van der Waals surface area contributed by atoms with E-state index in [1.165, 1.54) is 10.8 Å². The summed E-state index contributed by atoms with van der Waals surface area (Å²) in [5.41, 5.74) is 1.91. The van der Waals surface area contributed by atoms with Crippen LogP contribution in [-0.4, -0.2) is 57.1 Å². The maximum absolute atomic E-state index is 13.9. The van der Waals surface area contributed by atoms with Crippen molar-refractivity contribution in [3.63, 3.8) is 0 Å². The second-order valence-corrected chi connectivity index (χ2v) is 11.4. The lowest BCUT2D eigenvalue weighted by Gasteiger charge is -2.42. The van der Waals surface area contributed by atoms with Gasteiger partial charge in [0.2, 0.25) is 0 Å². The van der Waals surface area contributed by atoms with Gasteiger partial charge in [0.25, 0.3) is 10.0 Å². The zero-order chi connectivity index (χ0) is 24.5. The summed E-state index contributed by atoms with van der Waals surface area (Å²) in [6.45, 7) is 4.22. The van der Waals surface area contributed by atoms with Crippen LogP contribution in [0.4, 0.5) is 11.5 Å². The molecule has 6 rings (SSSR count). The Bertz CT molecular complexity index is 1460. The summed E-state index contributed by atoms with van der Waals surface area (Å²) >= 11 is 0. The fraction of sp³-hybridized carbons (Fsp3) is 0.276. The summed E-state index contributed by atoms with van der Waals surface area (Å²) in [5.74, 6) is 1.03. The van der Waals surface area contributed by atoms with Crippen LogP contribution in [0.3, 0.4) is 0 Å². The molecular weight excluding hydrogens is 468 g/mol. The van der Waals surface area contributed by atoms with Crippen molar-refractivity contribution < 1.29 is 8.42 Å². The predicted molar refractivity (Wildman–Crippen MR) is 145 cm³/mol. The normalized spacial score (nSPS) is 18.8. The van der Waals surface area contributed by atoms with Gasteiger partial charge in [-0.15, -0.1) is 0 Å². The third kappa shape index (κ3) is 4.22. The van der Waals surface area contributed by atoms with E-state index >= 15 is 0 Å². The molecule has 1 unspecified atom stereocenters. The lowest BCUT2D eigenvalue weighted by Crippen LogP contribution is -2.54. The molecule has 0 amide bonds. The Hall–Kier alpha value is -3.42.